The molecule has 10 heavy (non-hydrogen) atoms. The molecule has 3 aliphatic heterocycles. The molecule has 58 valence electrons. The molecule has 0 saturated carbocycles. The van der Waals surface area contributed by atoms with Gasteiger partial charge in [-0.05, 0) is 6.92 Å². The van der Waals surface area contributed by atoms with Crippen molar-refractivity contribution in [3.8, 4) is 0 Å². The molecule has 3 heterocycles. The lowest BCUT2D eigenvalue weighted by Crippen LogP contribution is -2.53. The highest BCUT2D eigenvalue weighted by Gasteiger charge is 2.71. The lowest BCUT2D eigenvalue weighted by atomic mass is 10.1. The van der Waals surface area contributed by atoms with Crippen molar-refractivity contribution in [2.24, 2.45) is 0 Å². The van der Waals surface area contributed by atoms with Gasteiger partial charge in [-0.2, -0.15) is 0 Å². The van der Waals surface area contributed by atoms with Crippen molar-refractivity contribution in [2.45, 2.75) is 18.5 Å². The Hall–Kier alpha value is 0.230. The van der Waals surface area contributed by atoms with Gasteiger partial charge in [-0.3, -0.25) is 13.6 Å². The summed E-state index contributed by atoms with van der Waals surface area (Å²) < 4.78 is 14.5. The van der Waals surface area contributed by atoms with E-state index in [0.29, 0.717) is 0 Å². The largest absolute Gasteiger partial charge is 0.393 e. The van der Waals surface area contributed by atoms with Gasteiger partial charge in [-0.1, -0.05) is 0 Å². The molecule has 3 saturated heterocycles. The third-order valence-corrected chi connectivity index (χ3v) is 2.99. The highest BCUT2D eigenvalue weighted by Crippen LogP contribution is 2.70. The molecule has 0 spiro atoms. The third kappa shape index (κ3) is 0.580. The summed E-state index contributed by atoms with van der Waals surface area (Å²) in [5.41, 5.74) is -1.10. The minimum Gasteiger partial charge on any atom is -0.393 e. The van der Waals surface area contributed by atoms with Crippen molar-refractivity contribution in [2.75, 3.05) is 6.61 Å². The predicted molar refractivity (Wildman–Crippen MR) is 30.6 cm³/mol. The maximum atomic E-state index is 9.27. The van der Waals surface area contributed by atoms with Gasteiger partial charge < -0.3 is 10.2 Å². The maximum Gasteiger partial charge on any atom is 0.342 e. The first kappa shape index (κ1) is 6.91. The Kier molecular flexibility index (Phi) is 1.17. The fourth-order valence-corrected chi connectivity index (χ4v) is 2.17. The van der Waals surface area contributed by atoms with Crippen LogP contribution in [0.15, 0.2) is 0 Å². The smallest absolute Gasteiger partial charge is 0.342 e. The molecule has 2 bridgehead atoms. The first-order chi connectivity index (χ1) is 4.60. The number of rotatable bonds is 1. The summed E-state index contributed by atoms with van der Waals surface area (Å²) in [5.74, 6) is -1.70. The Morgan fingerprint density at radius 1 is 1.40 bits per heavy atom. The summed E-state index contributed by atoms with van der Waals surface area (Å²) in [6, 6.07) is 0. The Balaban J connectivity index is 2.25. The van der Waals surface area contributed by atoms with E-state index in [1.165, 1.54) is 6.92 Å². The van der Waals surface area contributed by atoms with Crippen molar-refractivity contribution in [1.82, 2.24) is 0 Å². The first-order valence-electron chi connectivity index (χ1n) is 2.80. The van der Waals surface area contributed by atoms with Crippen molar-refractivity contribution in [3.05, 3.63) is 0 Å². The molecule has 0 amide bonds. The van der Waals surface area contributed by atoms with Gasteiger partial charge in [-0.15, -0.1) is 0 Å². The summed E-state index contributed by atoms with van der Waals surface area (Å²) in [6.45, 7) is 1.21. The molecule has 0 aromatic carbocycles. The molecule has 1 unspecified atom stereocenters. The predicted octanol–water partition coefficient (Wildman–Crippen LogP) is -0.313. The zero-order chi connectivity index (χ0) is 7.41. The second-order valence-corrected chi connectivity index (χ2v) is 3.46. The summed E-state index contributed by atoms with van der Waals surface area (Å²) >= 11 is 0. The van der Waals surface area contributed by atoms with Crippen LogP contribution in [0.4, 0.5) is 0 Å². The van der Waals surface area contributed by atoms with Gasteiger partial charge in [0.2, 0.25) is 0 Å². The van der Waals surface area contributed by atoms with Crippen LogP contribution in [0.1, 0.15) is 6.92 Å². The van der Waals surface area contributed by atoms with E-state index in [2.05, 4.69) is 0 Å². The molecule has 0 aromatic rings. The quantitative estimate of drug-likeness (QED) is 0.523. The Labute approximate surface area is 58.5 Å². The van der Waals surface area contributed by atoms with Gasteiger partial charge in [0, 0.05) is 0 Å². The molecule has 0 aliphatic carbocycles. The molecular formula is C4H7O5P. The van der Waals surface area contributed by atoms with E-state index in [-0.39, 0.29) is 6.61 Å². The lowest BCUT2D eigenvalue weighted by Gasteiger charge is -2.33. The zero-order valence-corrected chi connectivity index (χ0v) is 6.17. The average molecular weight is 166 g/mol. The summed E-state index contributed by atoms with van der Waals surface area (Å²) in [4.78, 5) is 0. The standard InChI is InChI=1S/C4H7O5P/c1-3(2-5)4(6)8-10(7-3)9-4/h5-6H,2H2,1H3. The normalized spacial score (nSPS) is 58.5. The van der Waals surface area contributed by atoms with Crippen LogP contribution >= 0.6 is 8.60 Å². The van der Waals surface area contributed by atoms with Gasteiger partial charge in [0.15, 0.2) is 5.60 Å². The molecule has 5 nitrogen and oxygen atoms in total. The number of fused-ring (bicyclic) bond motifs is 1. The Morgan fingerprint density at radius 2 is 2.00 bits per heavy atom. The summed E-state index contributed by atoms with van der Waals surface area (Å²) in [7, 11) is -1.37. The van der Waals surface area contributed by atoms with E-state index in [1.807, 2.05) is 0 Å². The SMILES string of the molecule is CC1(CO)OP2OC1(O)O2. The number of aliphatic hydroxyl groups is 2. The lowest BCUT2D eigenvalue weighted by molar-refractivity contribution is -0.343. The van der Waals surface area contributed by atoms with Gasteiger partial charge in [0.1, 0.15) is 0 Å². The molecule has 2 N–H and O–H groups in total. The van der Waals surface area contributed by atoms with E-state index < -0.39 is 20.2 Å². The fourth-order valence-electron chi connectivity index (χ4n) is 0.790. The van der Waals surface area contributed by atoms with Gasteiger partial charge in [-0.25, -0.2) is 0 Å². The van der Waals surface area contributed by atoms with E-state index in [1.54, 1.807) is 0 Å². The number of hydrogen-bond acceptors (Lipinski definition) is 5. The zero-order valence-electron chi connectivity index (χ0n) is 5.27. The minimum atomic E-state index is -1.70. The van der Waals surface area contributed by atoms with Crippen LogP contribution < -0.4 is 0 Å². The Morgan fingerprint density at radius 3 is 2.20 bits per heavy atom. The van der Waals surface area contributed by atoms with E-state index in [0.717, 1.165) is 0 Å². The van der Waals surface area contributed by atoms with Crippen LogP contribution in [0.2, 0.25) is 0 Å². The van der Waals surface area contributed by atoms with Gasteiger partial charge in [0.25, 0.3) is 0 Å². The molecule has 3 fully saturated rings. The van der Waals surface area contributed by atoms with E-state index in [4.69, 9.17) is 18.7 Å². The second-order valence-electron chi connectivity index (χ2n) is 2.47. The Bertz CT molecular complexity index is 167. The van der Waals surface area contributed by atoms with Crippen LogP contribution in [-0.4, -0.2) is 28.4 Å². The van der Waals surface area contributed by atoms with Gasteiger partial charge in [0.05, 0.1) is 6.61 Å². The van der Waals surface area contributed by atoms with Gasteiger partial charge >= 0.3 is 14.6 Å². The molecule has 3 rings (SSSR count). The highest BCUT2D eigenvalue weighted by atomic mass is 31.2. The molecular weight excluding hydrogens is 159 g/mol. The van der Waals surface area contributed by atoms with Crippen LogP contribution in [-0.2, 0) is 13.6 Å². The van der Waals surface area contributed by atoms with E-state index >= 15 is 0 Å². The van der Waals surface area contributed by atoms with Crippen LogP contribution in [0, 0.1) is 0 Å². The third-order valence-electron chi connectivity index (χ3n) is 1.64. The van der Waals surface area contributed by atoms with E-state index in [9.17, 15) is 5.11 Å². The van der Waals surface area contributed by atoms with Crippen molar-refractivity contribution >= 4 is 8.60 Å². The van der Waals surface area contributed by atoms with Crippen LogP contribution in [0.3, 0.4) is 0 Å². The second kappa shape index (κ2) is 1.69. The summed E-state index contributed by atoms with van der Waals surface area (Å²) in [5, 5.41) is 18.0. The molecule has 0 aromatic heterocycles. The monoisotopic (exact) mass is 166 g/mol. The van der Waals surface area contributed by atoms with Crippen LogP contribution in [0.25, 0.3) is 0 Å². The summed E-state index contributed by atoms with van der Waals surface area (Å²) in [6.07, 6.45) is 0. The maximum absolute atomic E-state index is 9.27. The fraction of sp³-hybridized carbons (Fsp3) is 1.00. The molecule has 3 aliphatic rings. The highest BCUT2D eigenvalue weighted by molar-refractivity contribution is 7.43. The van der Waals surface area contributed by atoms with Crippen LogP contribution in [0.5, 0.6) is 0 Å². The minimum absolute atomic E-state index is 0.317. The molecule has 0 radical (unpaired) electrons. The number of hydrogen-bond donors (Lipinski definition) is 2. The van der Waals surface area contributed by atoms with Crippen molar-refractivity contribution < 1.29 is 23.8 Å². The average Bonchev–Trinajstić information content (AvgIpc) is 2.17. The first-order valence-corrected chi connectivity index (χ1v) is 3.90. The topological polar surface area (TPSA) is 68.2 Å². The molecule has 1 atom stereocenters. The molecule has 6 heteroatoms. The number of aliphatic hydroxyl groups excluding tert-OH is 1. The van der Waals surface area contributed by atoms with Crippen molar-refractivity contribution in [3.63, 3.8) is 0 Å². The van der Waals surface area contributed by atoms with Crippen molar-refractivity contribution in [1.29, 1.82) is 0 Å².